The minimum absolute atomic E-state index is 0.0236. The van der Waals surface area contributed by atoms with Crippen LogP contribution in [-0.4, -0.2) is 95.2 Å². The Bertz CT molecular complexity index is 1190. The Kier molecular flexibility index (Phi) is 30.7. The van der Waals surface area contributed by atoms with E-state index in [1.54, 1.807) is 0 Å². The van der Waals surface area contributed by atoms with E-state index in [1.807, 2.05) is 30.3 Å². The fraction of sp³-hybridized carbons (Fsp3) is 0.809. The fourth-order valence-electron chi connectivity index (χ4n) is 7.67. The predicted molar refractivity (Wildman–Crippen MR) is 234 cm³/mol. The van der Waals surface area contributed by atoms with Crippen LogP contribution in [0.25, 0.3) is 0 Å². The van der Waals surface area contributed by atoms with Crippen LogP contribution in [-0.2, 0) is 25.6 Å². The van der Waals surface area contributed by atoms with E-state index in [4.69, 9.17) is 14.2 Å². The van der Waals surface area contributed by atoms with Crippen LogP contribution in [0.2, 0.25) is 0 Å². The van der Waals surface area contributed by atoms with E-state index in [1.165, 1.54) is 120 Å². The molecular formula is C47H83N3O9. The van der Waals surface area contributed by atoms with Crippen LogP contribution in [0.3, 0.4) is 0 Å². The van der Waals surface area contributed by atoms with Crippen molar-refractivity contribution in [1.82, 2.24) is 15.5 Å². The van der Waals surface area contributed by atoms with E-state index in [0.717, 1.165) is 44.1 Å². The maximum Gasteiger partial charge on any atom is 0.411 e. The smallest absolute Gasteiger partial charge is 0.411 e. The molecule has 12 nitrogen and oxygen atoms in total. The molecule has 5 N–H and O–H groups in total. The normalized spacial score (nSPS) is 19.0. The number of nitrogens with zero attached hydrogens (tertiary/aromatic N) is 1. The molecule has 0 radical (unpaired) electrons. The summed E-state index contributed by atoms with van der Waals surface area (Å²) >= 11 is 0. The zero-order chi connectivity index (χ0) is 42.8. The third-order valence-electron chi connectivity index (χ3n) is 11.4. The molecule has 1 aliphatic heterocycles. The number of alkyl carbamates (subject to hydrolysis) is 1. The summed E-state index contributed by atoms with van der Waals surface area (Å²) in [6, 6.07) is 7.85. The molecule has 3 amide bonds. The van der Waals surface area contributed by atoms with Crippen LogP contribution in [0.1, 0.15) is 186 Å². The van der Waals surface area contributed by atoms with Gasteiger partial charge in [0.1, 0.15) is 37.5 Å². The number of rotatable bonds is 35. The molecule has 0 bridgehead atoms. The van der Waals surface area contributed by atoms with Gasteiger partial charge in [-0.15, -0.1) is 0 Å². The lowest BCUT2D eigenvalue weighted by Crippen LogP contribution is -2.69. The minimum Gasteiger partial charge on any atom is -0.449 e. The molecule has 1 aliphatic rings. The molecule has 1 aromatic carbocycles. The summed E-state index contributed by atoms with van der Waals surface area (Å²) in [4.78, 5) is 40.5. The first kappa shape index (κ1) is 52.2. The van der Waals surface area contributed by atoms with E-state index in [0.29, 0.717) is 12.8 Å². The van der Waals surface area contributed by atoms with Crippen molar-refractivity contribution < 1.29 is 43.9 Å². The standard InChI is InChI=1S/C47H83N3O9/c1-3-5-7-9-11-13-15-16-17-18-19-20-22-24-26-31-35-57-47(56)50(34-30-25-23-21-14-12-10-8-6-4-2)45-42(44(54)43(53)40(37-51)59-45)49-41(52)36-48-46(55)58-38-39-32-28-27-29-33-39/h27-29,32-33,40,42-45,51,53-54H,3-26,30-31,34-38H2,1-2H3,(H,48,55)(H,49,52)/t40-,42-,43-,44-,45-/m1/s1. The lowest BCUT2D eigenvalue weighted by atomic mass is 9.95. The zero-order valence-corrected chi connectivity index (χ0v) is 36.9. The SMILES string of the molecule is CCCCCCCCCCCCCCCCCCOC(=O)N(CCCCCCCCCCCC)[C@@H]1O[C@H](CO)[C@@H](O)[C@H](O)[C@H]1NC(=O)CNC(=O)OCc1ccccc1. The molecule has 1 fully saturated rings. The second kappa shape index (κ2) is 34.7. The number of amides is 3. The number of hydrogen-bond donors (Lipinski definition) is 5. The lowest BCUT2D eigenvalue weighted by molar-refractivity contribution is -0.226. The summed E-state index contributed by atoms with van der Waals surface area (Å²) < 4.78 is 17.0. The molecule has 2 rings (SSSR count). The molecule has 0 spiro atoms. The number of carbonyl (C=O) groups excluding carboxylic acids is 3. The predicted octanol–water partition coefficient (Wildman–Crippen LogP) is 9.46. The molecule has 0 saturated carbocycles. The van der Waals surface area contributed by atoms with Gasteiger partial charge < -0.3 is 40.2 Å². The third-order valence-corrected chi connectivity index (χ3v) is 11.4. The van der Waals surface area contributed by atoms with E-state index in [-0.39, 0.29) is 19.8 Å². The first-order valence-corrected chi connectivity index (χ1v) is 23.6. The molecule has 1 saturated heterocycles. The third kappa shape index (κ3) is 24.2. The second-order valence-corrected chi connectivity index (χ2v) is 16.5. The number of unbranched alkanes of at least 4 members (excludes halogenated alkanes) is 24. The van der Waals surface area contributed by atoms with E-state index >= 15 is 0 Å². The Labute approximate surface area is 356 Å². The number of hydrogen-bond acceptors (Lipinski definition) is 9. The van der Waals surface area contributed by atoms with Gasteiger partial charge in [0.15, 0.2) is 6.23 Å². The Balaban J connectivity index is 1.89. The van der Waals surface area contributed by atoms with Crippen molar-refractivity contribution in [2.75, 3.05) is 26.3 Å². The topological polar surface area (TPSA) is 167 Å². The van der Waals surface area contributed by atoms with Crippen molar-refractivity contribution in [3.63, 3.8) is 0 Å². The van der Waals surface area contributed by atoms with Crippen LogP contribution in [0.4, 0.5) is 9.59 Å². The second-order valence-electron chi connectivity index (χ2n) is 16.5. The highest BCUT2D eigenvalue weighted by atomic mass is 16.6. The molecular weight excluding hydrogens is 751 g/mol. The van der Waals surface area contributed by atoms with Crippen molar-refractivity contribution in [1.29, 1.82) is 0 Å². The molecule has 0 unspecified atom stereocenters. The Morgan fingerprint density at radius 1 is 0.644 bits per heavy atom. The number of aliphatic hydroxyl groups is 3. The van der Waals surface area contributed by atoms with Crippen molar-refractivity contribution in [3.8, 4) is 0 Å². The highest BCUT2D eigenvalue weighted by Crippen LogP contribution is 2.26. The fourth-order valence-corrected chi connectivity index (χ4v) is 7.67. The quantitative estimate of drug-likeness (QED) is 0.0419. The molecule has 0 aromatic heterocycles. The Hall–Kier alpha value is -2.93. The van der Waals surface area contributed by atoms with Crippen molar-refractivity contribution in [2.45, 2.75) is 218 Å². The summed E-state index contributed by atoms with van der Waals surface area (Å²) in [6.45, 7) is 3.86. The van der Waals surface area contributed by atoms with Gasteiger partial charge in [-0.05, 0) is 18.4 Å². The summed E-state index contributed by atoms with van der Waals surface area (Å²) in [5, 5.41) is 37.0. The molecule has 1 heterocycles. The first-order valence-electron chi connectivity index (χ1n) is 23.6. The van der Waals surface area contributed by atoms with Crippen molar-refractivity contribution in [3.05, 3.63) is 35.9 Å². The average molecular weight is 834 g/mol. The van der Waals surface area contributed by atoms with Gasteiger partial charge in [0.25, 0.3) is 0 Å². The number of nitrogens with one attached hydrogen (secondary N) is 2. The maximum absolute atomic E-state index is 13.7. The van der Waals surface area contributed by atoms with Gasteiger partial charge >= 0.3 is 12.2 Å². The van der Waals surface area contributed by atoms with Gasteiger partial charge in [0.05, 0.1) is 13.2 Å². The largest absolute Gasteiger partial charge is 0.449 e. The highest BCUT2D eigenvalue weighted by Gasteiger charge is 2.48. The lowest BCUT2D eigenvalue weighted by Gasteiger charge is -2.46. The van der Waals surface area contributed by atoms with Gasteiger partial charge in [-0.2, -0.15) is 0 Å². The average Bonchev–Trinajstić information content (AvgIpc) is 3.24. The van der Waals surface area contributed by atoms with Crippen LogP contribution in [0, 0.1) is 0 Å². The molecule has 340 valence electrons. The molecule has 1 aromatic rings. The van der Waals surface area contributed by atoms with Crippen LogP contribution in [0.5, 0.6) is 0 Å². The van der Waals surface area contributed by atoms with Gasteiger partial charge in [0, 0.05) is 6.54 Å². The van der Waals surface area contributed by atoms with E-state index in [9.17, 15) is 29.7 Å². The minimum atomic E-state index is -1.58. The van der Waals surface area contributed by atoms with E-state index < -0.39 is 61.8 Å². The number of ether oxygens (including phenoxy) is 3. The first-order chi connectivity index (χ1) is 28.8. The maximum atomic E-state index is 13.7. The Morgan fingerprint density at radius 2 is 1.12 bits per heavy atom. The zero-order valence-electron chi connectivity index (χ0n) is 36.9. The number of benzene rings is 1. The molecule has 5 atom stereocenters. The van der Waals surface area contributed by atoms with Crippen LogP contribution >= 0.6 is 0 Å². The van der Waals surface area contributed by atoms with Gasteiger partial charge in [-0.3, -0.25) is 9.69 Å². The molecule has 0 aliphatic carbocycles. The monoisotopic (exact) mass is 834 g/mol. The van der Waals surface area contributed by atoms with E-state index in [2.05, 4.69) is 24.5 Å². The summed E-state index contributed by atoms with van der Waals surface area (Å²) in [5.41, 5.74) is 0.786. The Morgan fingerprint density at radius 3 is 1.61 bits per heavy atom. The van der Waals surface area contributed by atoms with Gasteiger partial charge in [0.2, 0.25) is 5.91 Å². The number of carbonyl (C=O) groups is 3. The van der Waals surface area contributed by atoms with Crippen molar-refractivity contribution >= 4 is 18.1 Å². The van der Waals surface area contributed by atoms with Gasteiger partial charge in [-0.25, -0.2) is 9.59 Å². The summed E-state index contributed by atoms with van der Waals surface area (Å²) in [5.74, 6) is -0.686. The van der Waals surface area contributed by atoms with Crippen molar-refractivity contribution in [2.24, 2.45) is 0 Å². The van der Waals surface area contributed by atoms with Crippen LogP contribution in [0.15, 0.2) is 30.3 Å². The van der Waals surface area contributed by atoms with Crippen LogP contribution < -0.4 is 10.6 Å². The molecule has 12 heteroatoms. The number of aliphatic hydroxyl groups excluding tert-OH is 3. The van der Waals surface area contributed by atoms with Gasteiger partial charge in [-0.1, -0.05) is 198 Å². The molecule has 59 heavy (non-hydrogen) atoms. The highest BCUT2D eigenvalue weighted by molar-refractivity contribution is 5.82. The summed E-state index contributed by atoms with van der Waals surface area (Å²) in [6.07, 6.45) is 23.9. The summed E-state index contributed by atoms with van der Waals surface area (Å²) in [7, 11) is 0.